The van der Waals surface area contributed by atoms with Gasteiger partial charge < -0.3 is 83.3 Å². The number of carbonyl (C=O) groups is 11. The molecule has 692 valence electrons. The number of ether oxygens (including phenoxy) is 10. The summed E-state index contributed by atoms with van der Waals surface area (Å²) in [6.45, 7) is 37.9. The van der Waals surface area contributed by atoms with Gasteiger partial charge in [0, 0.05) is 193 Å². The molecule has 0 spiro atoms. The number of benzene rings is 5. The highest BCUT2D eigenvalue weighted by atomic mass is 35.5. The van der Waals surface area contributed by atoms with E-state index in [1.54, 1.807) is 103 Å². The Morgan fingerprint density at radius 3 is 0.896 bits per heavy atom. The van der Waals surface area contributed by atoms with E-state index in [-0.39, 0.29) is 46.1 Å². The predicted octanol–water partition coefficient (Wildman–Crippen LogP) is 7.40. The van der Waals surface area contributed by atoms with E-state index in [2.05, 4.69) is 55.9 Å². The molecule has 34 nitrogen and oxygen atoms in total. The third-order valence-corrected chi connectivity index (χ3v) is 20.0. The average molecular weight is 1790 g/mol. The number of hydrogen-bond acceptors (Lipinski definition) is 28. The zero-order valence-electron chi connectivity index (χ0n) is 74.0. The summed E-state index contributed by atoms with van der Waals surface area (Å²) in [6, 6.07) is 30.9. The lowest BCUT2D eigenvalue weighted by molar-refractivity contribution is 0.0336. The maximum absolute atomic E-state index is 12.4. The SMILES string of the molecule is CC(C)(C)OC(=O)NCCN1CCOCC1.CCCCN1CCOCC1.CN(CCN1CCOCC1)C(=O)c1cccc(C(=O)Cl)c1.CN(CCN1CCOCC1)C(=O)c1cccc(C(=O)O)c1.COC(=O)c1cccc(C(=O)Cl)c1.COC(=O)c1cccc(C(=O)N(C)CCN2CCOCC2)c1.COC(=O)c1cccc(C(=O)O)c1.NCCN1CCOCC1. The molecule has 11 rings (SSSR count). The molecule has 36 heteroatoms. The van der Waals surface area contributed by atoms with Crippen LogP contribution in [-0.4, -0.2) is 396 Å². The minimum absolute atomic E-state index is 0.0721. The number of carbonyl (C=O) groups excluding carboxylic acids is 9. The van der Waals surface area contributed by atoms with Gasteiger partial charge in [-0.3, -0.25) is 53.4 Å². The number of hydrogen-bond donors (Lipinski definition) is 4. The van der Waals surface area contributed by atoms with Gasteiger partial charge in [-0.25, -0.2) is 28.8 Å². The van der Waals surface area contributed by atoms with Crippen LogP contribution in [0.5, 0.6) is 0 Å². The number of alkyl carbamates (subject to hydrolysis) is 1. The number of esters is 3. The topological polar surface area (TPSA) is 388 Å². The van der Waals surface area contributed by atoms with Gasteiger partial charge in [0.05, 0.1) is 128 Å². The third kappa shape index (κ3) is 45.0. The fourth-order valence-electron chi connectivity index (χ4n) is 12.2. The Labute approximate surface area is 744 Å². The second kappa shape index (κ2) is 61.8. The molecule has 6 saturated heterocycles. The summed E-state index contributed by atoms with van der Waals surface area (Å²) in [6.07, 6.45) is 2.29. The number of halogens is 2. The summed E-state index contributed by atoms with van der Waals surface area (Å²) in [4.78, 5) is 144. The van der Waals surface area contributed by atoms with Gasteiger partial charge in [-0.15, -0.1) is 0 Å². The molecule has 5 N–H and O–H groups in total. The first-order valence-electron chi connectivity index (χ1n) is 41.8. The molecule has 5 aromatic rings. The van der Waals surface area contributed by atoms with Crippen molar-refractivity contribution in [1.29, 1.82) is 0 Å². The number of morpholine rings is 6. The van der Waals surface area contributed by atoms with Crippen molar-refractivity contribution in [2.45, 2.75) is 46.1 Å². The van der Waals surface area contributed by atoms with Gasteiger partial charge in [0.25, 0.3) is 28.2 Å². The first-order chi connectivity index (χ1) is 59.9. The van der Waals surface area contributed by atoms with Crippen molar-refractivity contribution in [2.75, 3.05) is 272 Å². The van der Waals surface area contributed by atoms with Crippen LogP contribution in [0.15, 0.2) is 121 Å². The van der Waals surface area contributed by atoms with E-state index in [9.17, 15) is 52.7 Å². The van der Waals surface area contributed by atoms with Crippen LogP contribution in [0.1, 0.15) is 144 Å². The summed E-state index contributed by atoms with van der Waals surface area (Å²) in [5, 5.41) is 19.2. The Bertz CT molecular complexity index is 3910. The summed E-state index contributed by atoms with van der Waals surface area (Å²) in [5.41, 5.74) is 8.08. The van der Waals surface area contributed by atoms with Gasteiger partial charge in [-0.1, -0.05) is 55.8 Å². The number of carboxylic acids is 2. The largest absolute Gasteiger partial charge is 0.478 e. The van der Waals surface area contributed by atoms with E-state index < -0.39 is 45.9 Å². The summed E-state index contributed by atoms with van der Waals surface area (Å²) >= 11 is 10.7. The number of rotatable bonds is 27. The van der Waals surface area contributed by atoms with Crippen LogP contribution < -0.4 is 11.1 Å². The number of nitrogens with one attached hydrogen (secondary N) is 1. The Morgan fingerprint density at radius 1 is 0.384 bits per heavy atom. The van der Waals surface area contributed by atoms with Gasteiger partial charge in [0.2, 0.25) is 0 Å². The van der Waals surface area contributed by atoms with Crippen LogP contribution >= 0.6 is 23.2 Å². The maximum Gasteiger partial charge on any atom is 0.407 e. The lowest BCUT2D eigenvalue weighted by atomic mass is 10.1. The van der Waals surface area contributed by atoms with Crippen molar-refractivity contribution in [1.82, 2.24) is 49.4 Å². The quantitative estimate of drug-likeness (QED) is 0.0226. The minimum atomic E-state index is -1.06. The van der Waals surface area contributed by atoms with Crippen molar-refractivity contribution in [2.24, 2.45) is 5.73 Å². The lowest BCUT2D eigenvalue weighted by Gasteiger charge is -2.28. The second-order valence-corrected chi connectivity index (χ2v) is 30.7. The van der Waals surface area contributed by atoms with Gasteiger partial charge in [0.1, 0.15) is 5.60 Å². The molecule has 0 saturated carbocycles. The molecule has 6 aliphatic heterocycles. The molecule has 0 bridgehead atoms. The van der Waals surface area contributed by atoms with E-state index >= 15 is 0 Å². The number of carboxylic acid groups (broad SMARTS) is 2. The number of nitrogens with zero attached hydrogens (tertiary/aromatic N) is 9. The molecular formula is C89H129Cl2N11O23. The average Bonchev–Trinajstić information content (AvgIpc) is 0.860. The molecule has 0 unspecified atom stereocenters. The maximum atomic E-state index is 12.4. The van der Waals surface area contributed by atoms with Gasteiger partial charge >= 0.3 is 35.9 Å². The van der Waals surface area contributed by atoms with E-state index in [1.807, 2.05) is 20.8 Å². The highest BCUT2D eigenvalue weighted by molar-refractivity contribution is 6.68. The summed E-state index contributed by atoms with van der Waals surface area (Å²) in [7, 11) is 9.11. The first kappa shape index (κ1) is 108. The van der Waals surface area contributed by atoms with Gasteiger partial charge in [0.15, 0.2) is 0 Å². The van der Waals surface area contributed by atoms with Crippen LogP contribution in [0.2, 0.25) is 0 Å². The molecular weight excluding hydrogens is 1660 g/mol. The number of nitrogens with two attached hydrogens (primary N) is 1. The molecule has 6 heterocycles. The molecule has 0 aliphatic carbocycles. The van der Waals surface area contributed by atoms with Gasteiger partial charge in [-0.05, 0) is 136 Å². The lowest BCUT2D eigenvalue weighted by Crippen LogP contribution is -2.42. The van der Waals surface area contributed by atoms with E-state index in [0.29, 0.717) is 59.6 Å². The van der Waals surface area contributed by atoms with E-state index in [4.69, 9.17) is 72.3 Å². The minimum Gasteiger partial charge on any atom is -0.478 e. The number of methoxy groups -OCH3 is 3. The normalized spacial score (nSPS) is 15.6. The fraction of sp³-hybridized carbons (Fsp3) is 0.539. The number of unbranched alkanes of at least 4 members (excludes halogenated alkanes) is 1. The highest BCUT2D eigenvalue weighted by Crippen LogP contribution is 2.16. The standard InChI is InChI=1S/C16H22N2O4.C15H19ClN2O3.C15H20N2O4.C11H22N2O3.C9H7ClO3.C9H8O4.C8H17NO.C6H14N2O/c1-17(6-7-18-8-10-22-11-9-18)15(19)13-4-3-5-14(12-13)16(20)21-2;1-17(5-6-18-7-9-21-10-8-18)15(20)13-4-2-3-12(11-13)14(16)19;1-16(5-6-17-7-9-21-10-8-17)14(18)12-3-2-4-13(11-12)15(19)20;1-11(2,3)16-10(14)12-4-5-13-6-8-15-9-7-13;2*1-13-9(12)7-4-2-3-6(5-7)8(10)11;1-2-3-4-9-5-7-10-8-6-9;7-1-2-8-3-5-9-6-4-8/h3-5,12H,6-11H2,1-2H3;2-4,11H,5-10H2,1H3;2-4,11H,5-10H2,1H3,(H,19,20);4-9H2,1-3H3,(H,12,14);2-5H,1H3;2-5H,1H3,(H,10,11);2-8H2,1H3;1-7H2. The van der Waals surface area contributed by atoms with Crippen molar-refractivity contribution in [3.05, 3.63) is 177 Å². The van der Waals surface area contributed by atoms with Crippen molar-refractivity contribution >= 4 is 87.3 Å². The van der Waals surface area contributed by atoms with E-state index in [0.717, 1.165) is 197 Å². The fourth-order valence-corrected chi connectivity index (χ4v) is 12.5. The van der Waals surface area contributed by atoms with Crippen LogP contribution in [0.25, 0.3) is 0 Å². The summed E-state index contributed by atoms with van der Waals surface area (Å²) < 4.78 is 50.2. The van der Waals surface area contributed by atoms with Crippen LogP contribution in [0.4, 0.5) is 4.79 Å². The number of likely N-dealkylation sites (N-methyl/N-ethyl adjacent to an activating group) is 3. The van der Waals surface area contributed by atoms with Crippen LogP contribution in [0.3, 0.4) is 0 Å². The number of aromatic carboxylic acids is 2. The third-order valence-electron chi connectivity index (χ3n) is 19.6. The van der Waals surface area contributed by atoms with Crippen molar-refractivity contribution in [3.8, 4) is 0 Å². The molecule has 125 heavy (non-hydrogen) atoms. The van der Waals surface area contributed by atoms with E-state index in [1.165, 1.54) is 95.3 Å². The molecule has 6 fully saturated rings. The van der Waals surface area contributed by atoms with Crippen LogP contribution in [0, 0.1) is 0 Å². The molecule has 6 aliphatic rings. The Balaban J connectivity index is 0.000000305. The molecule has 0 radical (unpaired) electrons. The highest BCUT2D eigenvalue weighted by Gasteiger charge is 2.23. The van der Waals surface area contributed by atoms with Crippen molar-refractivity contribution in [3.63, 3.8) is 0 Å². The summed E-state index contributed by atoms with van der Waals surface area (Å²) in [5.74, 6) is -3.92. The first-order valence-corrected chi connectivity index (χ1v) is 42.5. The monoisotopic (exact) mass is 1790 g/mol. The molecule has 4 amide bonds. The molecule has 5 aromatic carbocycles. The predicted molar refractivity (Wildman–Crippen MR) is 473 cm³/mol. The second-order valence-electron chi connectivity index (χ2n) is 30.0. The molecule has 0 aromatic heterocycles. The Kier molecular flexibility index (Phi) is 53.3. The smallest absolute Gasteiger partial charge is 0.407 e. The van der Waals surface area contributed by atoms with Crippen molar-refractivity contribution < 1.29 is 110 Å². The van der Waals surface area contributed by atoms with Gasteiger partial charge in [-0.2, -0.15) is 0 Å². The number of amides is 4. The molecule has 0 atom stereocenters. The zero-order chi connectivity index (χ0) is 91.9. The Morgan fingerprint density at radius 2 is 0.624 bits per heavy atom. The zero-order valence-corrected chi connectivity index (χ0v) is 75.5. The van der Waals surface area contributed by atoms with Crippen LogP contribution in [-0.2, 0) is 47.4 Å². The Hall–Kier alpha value is -9.47.